The van der Waals surface area contributed by atoms with E-state index >= 15 is 0 Å². The van der Waals surface area contributed by atoms with Crippen LogP contribution in [0.2, 0.25) is 0 Å². The van der Waals surface area contributed by atoms with Gasteiger partial charge in [0.25, 0.3) is 5.91 Å². The number of amides is 1. The standard InChI is InChI=1S/C20H16N4OS/c25-20(15-3-8-18-19(10-15)23-13-22-18)24-16-4-6-17(7-5-16)26-12-14-2-1-9-21-11-14/h1-11,13H,12H2,(H,22,23)(H,24,25). The first-order valence-electron chi connectivity index (χ1n) is 8.14. The topological polar surface area (TPSA) is 70.7 Å². The quantitative estimate of drug-likeness (QED) is 0.514. The molecule has 5 nitrogen and oxygen atoms in total. The summed E-state index contributed by atoms with van der Waals surface area (Å²) in [7, 11) is 0. The second kappa shape index (κ2) is 7.41. The van der Waals surface area contributed by atoms with Gasteiger partial charge in [0, 0.05) is 34.3 Å². The van der Waals surface area contributed by atoms with Crippen LogP contribution in [-0.4, -0.2) is 20.9 Å². The molecule has 2 aromatic carbocycles. The molecule has 4 rings (SSSR count). The van der Waals surface area contributed by atoms with Gasteiger partial charge in [0.2, 0.25) is 0 Å². The van der Waals surface area contributed by atoms with Crippen molar-refractivity contribution in [1.82, 2.24) is 15.0 Å². The van der Waals surface area contributed by atoms with Crippen LogP contribution in [0, 0.1) is 0 Å². The number of thioether (sulfide) groups is 1. The third-order valence-corrected chi connectivity index (χ3v) is 5.01. The molecular formula is C20H16N4OS. The van der Waals surface area contributed by atoms with E-state index in [0.29, 0.717) is 5.56 Å². The summed E-state index contributed by atoms with van der Waals surface area (Å²) in [6.07, 6.45) is 5.27. The number of anilines is 1. The highest BCUT2D eigenvalue weighted by Crippen LogP contribution is 2.24. The van der Waals surface area contributed by atoms with Crippen molar-refractivity contribution in [3.63, 3.8) is 0 Å². The van der Waals surface area contributed by atoms with Crippen LogP contribution < -0.4 is 5.32 Å². The summed E-state index contributed by atoms with van der Waals surface area (Å²) in [5.41, 5.74) is 4.24. The number of carbonyl (C=O) groups excluding carboxylic acids is 1. The molecule has 0 radical (unpaired) electrons. The first-order chi connectivity index (χ1) is 12.8. The lowest BCUT2D eigenvalue weighted by atomic mass is 10.2. The Morgan fingerprint density at radius 1 is 1.12 bits per heavy atom. The number of hydrogen-bond acceptors (Lipinski definition) is 4. The van der Waals surface area contributed by atoms with E-state index in [1.807, 2.05) is 42.6 Å². The lowest BCUT2D eigenvalue weighted by Gasteiger charge is -2.07. The van der Waals surface area contributed by atoms with Crippen LogP contribution in [0.15, 0.2) is 78.2 Å². The molecule has 0 aliphatic rings. The van der Waals surface area contributed by atoms with Crippen LogP contribution in [0.4, 0.5) is 5.69 Å². The summed E-state index contributed by atoms with van der Waals surface area (Å²) in [4.78, 5) is 24.9. The molecular weight excluding hydrogens is 344 g/mol. The number of aromatic nitrogens is 3. The average molecular weight is 360 g/mol. The third kappa shape index (κ3) is 3.75. The zero-order valence-electron chi connectivity index (χ0n) is 13.8. The number of imidazole rings is 1. The Morgan fingerprint density at radius 2 is 2.00 bits per heavy atom. The summed E-state index contributed by atoms with van der Waals surface area (Å²) in [5.74, 6) is 0.723. The number of fused-ring (bicyclic) bond motifs is 1. The van der Waals surface area contributed by atoms with Gasteiger partial charge in [-0.3, -0.25) is 9.78 Å². The summed E-state index contributed by atoms with van der Waals surface area (Å²) in [5, 5.41) is 2.92. The lowest BCUT2D eigenvalue weighted by Crippen LogP contribution is -2.11. The molecule has 0 atom stereocenters. The molecule has 0 aliphatic heterocycles. The van der Waals surface area contributed by atoms with E-state index in [0.717, 1.165) is 27.4 Å². The number of nitrogens with zero attached hydrogens (tertiary/aromatic N) is 2. The highest BCUT2D eigenvalue weighted by molar-refractivity contribution is 7.98. The van der Waals surface area contributed by atoms with E-state index in [1.165, 1.54) is 5.56 Å². The fourth-order valence-electron chi connectivity index (χ4n) is 2.56. The third-order valence-electron chi connectivity index (χ3n) is 3.92. The molecule has 0 saturated heterocycles. The molecule has 6 heteroatoms. The summed E-state index contributed by atoms with van der Waals surface area (Å²) >= 11 is 1.74. The van der Waals surface area contributed by atoms with Crippen LogP contribution in [0.5, 0.6) is 0 Å². The average Bonchev–Trinajstić information content (AvgIpc) is 3.16. The van der Waals surface area contributed by atoms with Gasteiger partial charge in [0.15, 0.2) is 0 Å². The molecule has 0 bridgehead atoms. The number of pyridine rings is 1. The molecule has 0 spiro atoms. The molecule has 2 heterocycles. The summed E-state index contributed by atoms with van der Waals surface area (Å²) in [6.45, 7) is 0. The monoisotopic (exact) mass is 360 g/mol. The fraction of sp³-hybridized carbons (Fsp3) is 0.0500. The van der Waals surface area contributed by atoms with Crippen molar-refractivity contribution < 1.29 is 4.79 Å². The Hall–Kier alpha value is -3.12. The van der Waals surface area contributed by atoms with E-state index in [9.17, 15) is 4.79 Å². The van der Waals surface area contributed by atoms with E-state index in [1.54, 1.807) is 36.4 Å². The van der Waals surface area contributed by atoms with Gasteiger partial charge in [-0.1, -0.05) is 6.07 Å². The van der Waals surface area contributed by atoms with Crippen LogP contribution in [0.25, 0.3) is 11.0 Å². The zero-order valence-corrected chi connectivity index (χ0v) is 14.7. The molecule has 1 amide bonds. The van der Waals surface area contributed by atoms with Gasteiger partial charge in [-0.2, -0.15) is 0 Å². The van der Waals surface area contributed by atoms with E-state index in [2.05, 4.69) is 26.3 Å². The van der Waals surface area contributed by atoms with Crippen LogP contribution in [0.1, 0.15) is 15.9 Å². The maximum Gasteiger partial charge on any atom is 0.255 e. The molecule has 0 fully saturated rings. The van der Waals surface area contributed by atoms with E-state index < -0.39 is 0 Å². The minimum absolute atomic E-state index is 0.141. The summed E-state index contributed by atoms with van der Waals surface area (Å²) < 4.78 is 0. The second-order valence-corrected chi connectivity index (χ2v) is 6.81. The molecule has 0 saturated carbocycles. The highest BCUT2D eigenvalue weighted by atomic mass is 32.2. The Morgan fingerprint density at radius 3 is 2.81 bits per heavy atom. The van der Waals surface area contributed by atoms with Crippen LogP contribution >= 0.6 is 11.8 Å². The van der Waals surface area contributed by atoms with Crippen molar-refractivity contribution in [3.05, 3.63) is 84.4 Å². The first kappa shape index (κ1) is 16.4. The largest absolute Gasteiger partial charge is 0.345 e. The smallest absolute Gasteiger partial charge is 0.255 e. The maximum absolute atomic E-state index is 12.4. The maximum atomic E-state index is 12.4. The van der Waals surface area contributed by atoms with Crippen molar-refractivity contribution in [2.24, 2.45) is 0 Å². The highest BCUT2D eigenvalue weighted by Gasteiger charge is 2.08. The number of rotatable bonds is 5. The Kier molecular flexibility index (Phi) is 4.66. The predicted molar refractivity (Wildman–Crippen MR) is 104 cm³/mol. The van der Waals surface area contributed by atoms with Crippen molar-refractivity contribution in [1.29, 1.82) is 0 Å². The van der Waals surface area contributed by atoms with Crippen LogP contribution in [-0.2, 0) is 5.75 Å². The molecule has 4 aromatic rings. The molecule has 26 heavy (non-hydrogen) atoms. The van der Waals surface area contributed by atoms with Gasteiger partial charge in [0.05, 0.1) is 17.4 Å². The minimum Gasteiger partial charge on any atom is -0.345 e. The number of carbonyl (C=O) groups is 1. The van der Waals surface area contributed by atoms with E-state index in [-0.39, 0.29) is 5.91 Å². The number of hydrogen-bond donors (Lipinski definition) is 2. The molecule has 0 aliphatic carbocycles. The lowest BCUT2D eigenvalue weighted by molar-refractivity contribution is 0.102. The Labute approximate surface area is 154 Å². The molecule has 128 valence electrons. The van der Waals surface area contributed by atoms with Gasteiger partial charge in [0.1, 0.15) is 0 Å². The first-order valence-corrected chi connectivity index (χ1v) is 9.13. The number of H-pyrrole nitrogens is 1. The van der Waals surface area contributed by atoms with Crippen molar-refractivity contribution in [2.75, 3.05) is 5.32 Å². The van der Waals surface area contributed by atoms with Crippen molar-refractivity contribution >= 4 is 34.4 Å². The molecule has 2 N–H and O–H groups in total. The van der Waals surface area contributed by atoms with Crippen molar-refractivity contribution in [3.8, 4) is 0 Å². The van der Waals surface area contributed by atoms with E-state index in [4.69, 9.17) is 0 Å². The summed E-state index contributed by atoms with van der Waals surface area (Å²) in [6, 6.07) is 17.3. The van der Waals surface area contributed by atoms with Crippen molar-refractivity contribution in [2.45, 2.75) is 10.6 Å². The number of nitrogens with one attached hydrogen (secondary N) is 2. The van der Waals surface area contributed by atoms with Gasteiger partial charge >= 0.3 is 0 Å². The SMILES string of the molecule is O=C(Nc1ccc(SCc2cccnc2)cc1)c1ccc2nc[nH]c2c1. The number of benzene rings is 2. The van der Waals surface area contributed by atoms with Gasteiger partial charge in [-0.15, -0.1) is 11.8 Å². The predicted octanol–water partition coefficient (Wildman–Crippen LogP) is 4.50. The normalized spacial score (nSPS) is 10.8. The molecule has 2 aromatic heterocycles. The minimum atomic E-state index is -0.141. The van der Waals surface area contributed by atoms with Gasteiger partial charge in [-0.25, -0.2) is 4.98 Å². The zero-order chi connectivity index (χ0) is 17.8. The number of aromatic amines is 1. The van der Waals surface area contributed by atoms with Crippen LogP contribution in [0.3, 0.4) is 0 Å². The second-order valence-electron chi connectivity index (χ2n) is 5.76. The van der Waals surface area contributed by atoms with Gasteiger partial charge < -0.3 is 10.3 Å². The Balaban J connectivity index is 1.39. The molecule has 0 unspecified atom stereocenters. The Bertz CT molecular complexity index is 1030. The fourth-order valence-corrected chi connectivity index (χ4v) is 3.40. The van der Waals surface area contributed by atoms with Gasteiger partial charge in [-0.05, 0) is 54.1 Å².